The van der Waals surface area contributed by atoms with Gasteiger partial charge in [0.15, 0.2) is 0 Å². The van der Waals surface area contributed by atoms with E-state index in [9.17, 15) is 4.39 Å². The van der Waals surface area contributed by atoms with Crippen LogP contribution >= 0.6 is 11.6 Å². The topological polar surface area (TPSA) is 42.2 Å². The molecule has 0 radical (unpaired) electrons. The third-order valence-corrected chi connectivity index (χ3v) is 2.98. The van der Waals surface area contributed by atoms with Gasteiger partial charge >= 0.3 is 0 Å². The van der Waals surface area contributed by atoms with Crippen LogP contribution in [-0.2, 0) is 6.61 Å². The van der Waals surface area contributed by atoms with Gasteiger partial charge in [-0.15, -0.1) is 0 Å². The first-order valence-electron chi connectivity index (χ1n) is 5.79. The van der Waals surface area contributed by atoms with E-state index in [1.54, 1.807) is 24.3 Å². The van der Waals surface area contributed by atoms with Crippen molar-refractivity contribution in [2.24, 2.45) is 0 Å². The second kappa shape index (κ2) is 6.27. The van der Waals surface area contributed by atoms with E-state index in [2.05, 4.69) is 0 Å². The summed E-state index contributed by atoms with van der Waals surface area (Å²) < 4.78 is 23.9. The number of rotatable bonds is 4. The Morgan fingerprint density at radius 2 is 2.05 bits per heavy atom. The maximum atomic E-state index is 13.4. The summed E-state index contributed by atoms with van der Waals surface area (Å²) >= 11 is 6.00. The maximum Gasteiger partial charge on any atom is 0.144 e. The van der Waals surface area contributed by atoms with Gasteiger partial charge in [-0.25, -0.2) is 4.39 Å². The molecule has 0 bridgehead atoms. The first-order valence-corrected chi connectivity index (χ1v) is 6.16. The molecule has 3 nitrogen and oxygen atoms in total. The molecule has 0 unspecified atom stereocenters. The highest BCUT2D eigenvalue weighted by molar-refractivity contribution is 6.32. The summed E-state index contributed by atoms with van der Waals surface area (Å²) in [5.74, 6) is 0.339. The van der Waals surface area contributed by atoms with Crippen molar-refractivity contribution >= 4 is 11.6 Å². The fraction of sp³-hybridized carbons (Fsp3) is 0.133. The highest BCUT2D eigenvalue weighted by Crippen LogP contribution is 2.25. The van der Waals surface area contributed by atoms with Crippen molar-refractivity contribution in [3.8, 4) is 17.6 Å². The summed E-state index contributed by atoms with van der Waals surface area (Å²) in [5, 5.41) is 9.13. The Morgan fingerprint density at radius 1 is 1.25 bits per heavy atom. The van der Waals surface area contributed by atoms with Crippen LogP contribution in [-0.4, -0.2) is 7.11 Å². The summed E-state index contributed by atoms with van der Waals surface area (Å²) in [6, 6.07) is 11.1. The minimum Gasteiger partial charge on any atom is -0.495 e. The van der Waals surface area contributed by atoms with Gasteiger partial charge < -0.3 is 9.47 Å². The van der Waals surface area contributed by atoms with Crippen molar-refractivity contribution in [1.29, 1.82) is 5.26 Å². The van der Waals surface area contributed by atoms with Crippen LogP contribution in [0.25, 0.3) is 0 Å². The zero-order valence-corrected chi connectivity index (χ0v) is 11.4. The van der Waals surface area contributed by atoms with Crippen molar-refractivity contribution in [2.75, 3.05) is 7.11 Å². The fourth-order valence-corrected chi connectivity index (χ4v) is 1.92. The zero-order chi connectivity index (χ0) is 14.5. The van der Waals surface area contributed by atoms with Crippen LogP contribution in [0.5, 0.6) is 11.5 Å². The van der Waals surface area contributed by atoms with Crippen molar-refractivity contribution in [3.05, 3.63) is 58.4 Å². The van der Waals surface area contributed by atoms with Gasteiger partial charge in [-0.2, -0.15) is 5.26 Å². The summed E-state index contributed by atoms with van der Waals surface area (Å²) in [6.45, 7) is 0.245. The Balaban J connectivity index is 2.07. The lowest BCUT2D eigenvalue weighted by Crippen LogP contribution is -1.97. The predicted molar refractivity (Wildman–Crippen MR) is 73.5 cm³/mol. The van der Waals surface area contributed by atoms with Crippen molar-refractivity contribution in [3.63, 3.8) is 0 Å². The normalized spacial score (nSPS) is 9.90. The molecule has 2 aromatic rings. The second-order valence-electron chi connectivity index (χ2n) is 4.01. The second-order valence-corrected chi connectivity index (χ2v) is 4.42. The Kier molecular flexibility index (Phi) is 4.44. The molecule has 0 fully saturated rings. The molecule has 0 N–H and O–H groups in total. The lowest BCUT2D eigenvalue weighted by atomic mass is 10.2. The lowest BCUT2D eigenvalue weighted by molar-refractivity contribution is 0.304. The molecule has 0 saturated carbocycles. The summed E-state index contributed by atoms with van der Waals surface area (Å²) in [5.41, 5.74) is 0.824. The van der Waals surface area contributed by atoms with Crippen LogP contribution in [0.15, 0.2) is 36.4 Å². The van der Waals surface area contributed by atoms with E-state index < -0.39 is 5.82 Å². The molecule has 0 aliphatic carbocycles. The first kappa shape index (κ1) is 14.2. The van der Waals surface area contributed by atoms with Gasteiger partial charge in [-0.1, -0.05) is 17.7 Å². The van der Waals surface area contributed by atoms with Gasteiger partial charge in [0.25, 0.3) is 0 Å². The van der Waals surface area contributed by atoms with E-state index in [0.29, 0.717) is 16.5 Å². The highest BCUT2D eigenvalue weighted by atomic mass is 35.5. The van der Waals surface area contributed by atoms with Crippen LogP contribution < -0.4 is 9.47 Å². The molecule has 0 spiro atoms. The molecular formula is C15H11ClFNO2. The predicted octanol–water partition coefficient (Wildman–Crippen LogP) is 3.94. The Morgan fingerprint density at radius 3 is 2.65 bits per heavy atom. The summed E-state index contributed by atoms with van der Waals surface area (Å²) in [7, 11) is 1.54. The average molecular weight is 292 g/mol. The Labute approximate surface area is 121 Å². The average Bonchev–Trinajstić information content (AvgIpc) is 2.45. The number of hydrogen-bond donors (Lipinski definition) is 0. The van der Waals surface area contributed by atoms with E-state index in [4.69, 9.17) is 26.3 Å². The van der Waals surface area contributed by atoms with E-state index >= 15 is 0 Å². The number of methoxy groups -OCH3 is 1. The molecule has 102 valence electrons. The SMILES string of the molecule is COc1ccc(COc2ccc(C#N)c(F)c2)cc1Cl. The molecule has 0 aromatic heterocycles. The molecule has 0 saturated heterocycles. The van der Waals surface area contributed by atoms with Crippen molar-refractivity contribution < 1.29 is 13.9 Å². The number of ether oxygens (including phenoxy) is 2. The largest absolute Gasteiger partial charge is 0.495 e. The van der Waals surface area contributed by atoms with E-state index in [1.165, 1.54) is 19.2 Å². The van der Waals surface area contributed by atoms with Crippen LogP contribution in [0.1, 0.15) is 11.1 Å². The molecule has 2 rings (SSSR count). The third kappa shape index (κ3) is 3.19. The van der Waals surface area contributed by atoms with Gasteiger partial charge in [0.05, 0.1) is 17.7 Å². The number of nitrogens with zero attached hydrogens (tertiary/aromatic N) is 1. The number of benzene rings is 2. The van der Waals surface area contributed by atoms with Crippen LogP contribution in [0.3, 0.4) is 0 Å². The lowest BCUT2D eigenvalue weighted by Gasteiger charge is -2.08. The van der Waals surface area contributed by atoms with E-state index in [-0.39, 0.29) is 12.2 Å². The molecule has 0 aliphatic rings. The Bertz CT molecular complexity index is 667. The van der Waals surface area contributed by atoms with Gasteiger partial charge in [-0.05, 0) is 29.8 Å². The van der Waals surface area contributed by atoms with Crippen molar-refractivity contribution in [1.82, 2.24) is 0 Å². The third-order valence-electron chi connectivity index (χ3n) is 2.68. The molecule has 0 amide bonds. The van der Waals surface area contributed by atoms with E-state index in [0.717, 1.165) is 5.56 Å². The first-order chi connectivity index (χ1) is 9.63. The molecule has 20 heavy (non-hydrogen) atoms. The van der Waals surface area contributed by atoms with Gasteiger partial charge in [0.2, 0.25) is 0 Å². The molecule has 0 heterocycles. The highest BCUT2D eigenvalue weighted by Gasteiger charge is 2.05. The minimum atomic E-state index is -0.599. The minimum absolute atomic E-state index is 0.00941. The number of hydrogen-bond acceptors (Lipinski definition) is 3. The molecule has 2 aromatic carbocycles. The van der Waals surface area contributed by atoms with E-state index in [1.807, 2.05) is 6.07 Å². The molecule has 5 heteroatoms. The maximum absolute atomic E-state index is 13.4. The monoisotopic (exact) mass is 291 g/mol. The molecule has 0 aliphatic heterocycles. The summed E-state index contributed by atoms with van der Waals surface area (Å²) in [6.07, 6.45) is 0. The van der Waals surface area contributed by atoms with Crippen LogP contribution in [0.4, 0.5) is 4.39 Å². The quantitative estimate of drug-likeness (QED) is 0.857. The molecule has 0 atom stereocenters. The smallest absolute Gasteiger partial charge is 0.144 e. The zero-order valence-electron chi connectivity index (χ0n) is 10.7. The van der Waals surface area contributed by atoms with Crippen LogP contribution in [0, 0.1) is 17.1 Å². The van der Waals surface area contributed by atoms with Gasteiger partial charge in [-0.3, -0.25) is 0 Å². The standard InChI is InChI=1S/C15H11ClFNO2/c1-19-15-5-2-10(6-13(15)16)9-20-12-4-3-11(8-18)14(17)7-12/h2-7H,9H2,1H3. The number of nitriles is 1. The Hall–Kier alpha value is -2.25. The van der Waals surface area contributed by atoms with Gasteiger partial charge in [0, 0.05) is 6.07 Å². The number of halogens is 2. The molecular weight excluding hydrogens is 281 g/mol. The van der Waals surface area contributed by atoms with Gasteiger partial charge in [0.1, 0.15) is 30.0 Å². The summed E-state index contributed by atoms with van der Waals surface area (Å²) in [4.78, 5) is 0. The van der Waals surface area contributed by atoms with Crippen LogP contribution in [0.2, 0.25) is 5.02 Å². The fourth-order valence-electron chi connectivity index (χ4n) is 1.64. The van der Waals surface area contributed by atoms with Crippen molar-refractivity contribution in [2.45, 2.75) is 6.61 Å².